The Morgan fingerprint density at radius 2 is 2.21 bits per heavy atom. The van der Waals surface area contributed by atoms with E-state index >= 15 is 0 Å². The lowest BCUT2D eigenvalue weighted by atomic mass is 10.00. The first-order valence-electron chi connectivity index (χ1n) is 6.54. The van der Waals surface area contributed by atoms with Gasteiger partial charge in [-0.25, -0.2) is 0 Å². The van der Waals surface area contributed by atoms with Gasteiger partial charge in [-0.3, -0.25) is 4.98 Å². The summed E-state index contributed by atoms with van der Waals surface area (Å²) in [6.07, 6.45) is 4.67. The van der Waals surface area contributed by atoms with Gasteiger partial charge in [-0.05, 0) is 53.9 Å². The highest BCUT2D eigenvalue weighted by Crippen LogP contribution is 2.28. The fourth-order valence-corrected chi connectivity index (χ4v) is 2.94. The molecule has 0 aromatic carbocycles. The van der Waals surface area contributed by atoms with E-state index in [1.807, 2.05) is 13.2 Å². The van der Waals surface area contributed by atoms with Crippen LogP contribution in [-0.4, -0.2) is 18.6 Å². The summed E-state index contributed by atoms with van der Waals surface area (Å²) in [4.78, 5) is 4.28. The smallest absolute Gasteiger partial charge is 0.137 e. The molecule has 0 radical (unpaired) electrons. The largest absolute Gasteiger partial charge is 0.492 e. The number of aryl methyl sites for hydroxylation is 1. The molecule has 0 bridgehead atoms. The standard InChI is InChI=1S/C15H20N2OS/c1-4-5-18-13-6-12(7-17-8-13)15(16-3)14-10-19-9-11(14)2/h6-10,15-16H,4-5H2,1-3H3. The number of hydrogen-bond donors (Lipinski definition) is 1. The summed E-state index contributed by atoms with van der Waals surface area (Å²) in [5.41, 5.74) is 3.75. The molecule has 1 unspecified atom stereocenters. The minimum atomic E-state index is 0.170. The quantitative estimate of drug-likeness (QED) is 0.876. The summed E-state index contributed by atoms with van der Waals surface area (Å²) in [6, 6.07) is 2.24. The molecule has 0 aliphatic rings. The molecule has 0 spiro atoms. The first kappa shape index (κ1) is 14.0. The number of aromatic nitrogens is 1. The van der Waals surface area contributed by atoms with Crippen LogP contribution in [-0.2, 0) is 0 Å². The SMILES string of the molecule is CCCOc1cncc(C(NC)c2cscc2C)c1. The minimum Gasteiger partial charge on any atom is -0.492 e. The van der Waals surface area contributed by atoms with Crippen molar-refractivity contribution in [2.24, 2.45) is 0 Å². The third-order valence-corrected chi connectivity index (χ3v) is 3.91. The topological polar surface area (TPSA) is 34.1 Å². The maximum atomic E-state index is 5.65. The van der Waals surface area contributed by atoms with Crippen LogP contribution < -0.4 is 10.1 Å². The van der Waals surface area contributed by atoms with Crippen LogP contribution in [0.15, 0.2) is 29.2 Å². The van der Waals surface area contributed by atoms with Crippen molar-refractivity contribution in [3.63, 3.8) is 0 Å². The van der Waals surface area contributed by atoms with Gasteiger partial charge in [-0.15, -0.1) is 0 Å². The Bertz CT molecular complexity index is 524. The normalized spacial score (nSPS) is 12.4. The average Bonchev–Trinajstić information content (AvgIpc) is 2.84. The molecule has 2 aromatic rings. The molecule has 0 saturated carbocycles. The van der Waals surface area contributed by atoms with Gasteiger partial charge in [0.15, 0.2) is 0 Å². The molecule has 3 nitrogen and oxygen atoms in total. The number of thiophene rings is 1. The van der Waals surface area contributed by atoms with Crippen LogP contribution in [0.5, 0.6) is 5.75 Å². The molecule has 0 aliphatic heterocycles. The van der Waals surface area contributed by atoms with Crippen LogP contribution in [0.1, 0.15) is 36.1 Å². The minimum absolute atomic E-state index is 0.170. The number of hydrogen-bond acceptors (Lipinski definition) is 4. The van der Waals surface area contributed by atoms with Crippen LogP contribution in [0.25, 0.3) is 0 Å². The zero-order valence-electron chi connectivity index (χ0n) is 11.6. The lowest BCUT2D eigenvalue weighted by Gasteiger charge is -2.17. The molecule has 1 N–H and O–H groups in total. The van der Waals surface area contributed by atoms with Gasteiger partial charge in [0.1, 0.15) is 5.75 Å². The predicted octanol–water partition coefficient (Wildman–Crippen LogP) is 3.55. The highest BCUT2D eigenvalue weighted by Gasteiger charge is 2.15. The zero-order valence-corrected chi connectivity index (χ0v) is 12.5. The van der Waals surface area contributed by atoms with Gasteiger partial charge in [0.05, 0.1) is 18.8 Å². The van der Waals surface area contributed by atoms with Crippen LogP contribution in [0.2, 0.25) is 0 Å². The monoisotopic (exact) mass is 276 g/mol. The van der Waals surface area contributed by atoms with E-state index in [1.165, 1.54) is 11.1 Å². The van der Waals surface area contributed by atoms with E-state index in [0.717, 1.165) is 24.3 Å². The molecule has 4 heteroatoms. The van der Waals surface area contributed by atoms with Crippen molar-refractivity contribution in [1.82, 2.24) is 10.3 Å². The molecular formula is C15H20N2OS. The number of ether oxygens (including phenoxy) is 1. The number of nitrogens with one attached hydrogen (secondary N) is 1. The second-order valence-corrected chi connectivity index (χ2v) is 5.28. The number of pyridine rings is 1. The second-order valence-electron chi connectivity index (χ2n) is 4.53. The zero-order chi connectivity index (χ0) is 13.7. The fourth-order valence-electron chi connectivity index (χ4n) is 2.06. The summed E-state index contributed by atoms with van der Waals surface area (Å²) in [5, 5.41) is 7.72. The van der Waals surface area contributed by atoms with Crippen molar-refractivity contribution < 1.29 is 4.74 Å². The summed E-state index contributed by atoms with van der Waals surface area (Å²) in [7, 11) is 1.97. The van der Waals surface area contributed by atoms with Gasteiger partial charge in [-0.1, -0.05) is 6.92 Å². The average molecular weight is 276 g/mol. The predicted molar refractivity (Wildman–Crippen MR) is 80.0 cm³/mol. The van der Waals surface area contributed by atoms with Gasteiger partial charge in [0.2, 0.25) is 0 Å². The molecule has 0 amide bonds. The van der Waals surface area contributed by atoms with E-state index in [-0.39, 0.29) is 6.04 Å². The van der Waals surface area contributed by atoms with Gasteiger partial charge >= 0.3 is 0 Å². The summed E-state index contributed by atoms with van der Waals surface area (Å²) in [6.45, 7) is 4.97. The Kier molecular flexibility index (Phi) is 4.93. The van der Waals surface area contributed by atoms with Gasteiger partial charge in [0.25, 0.3) is 0 Å². The summed E-state index contributed by atoms with van der Waals surface area (Å²) in [5.74, 6) is 0.840. The molecule has 0 fully saturated rings. The van der Waals surface area contributed by atoms with Crippen molar-refractivity contribution >= 4 is 11.3 Å². The molecular weight excluding hydrogens is 256 g/mol. The van der Waals surface area contributed by atoms with Gasteiger partial charge in [0, 0.05) is 6.20 Å². The van der Waals surface area contributed by atoms with Crippen molar-refractivity contribution in [3.05, 3.63) is 45.9 Å². The Morgan fingerprint density at radius 3 is 2.84 bits per heavy atom. The number of nitrogens with zero attached hydrogens (tertiary/aromatic N) is 1. The van der Waals surface area contributed by atoms with Crippen LogP contribution >= 0.6 is 11.3 Å². The first-order valence-corrected chi connectivity index (χ1v) is 7.48. The van der Waals surface area contributed by atoms with Gasteiger partial charge < -0.3 is 10.1 Å². The van der Waals surface area contributed by atoms with E-state index < -0.39 is 0 Å². The molecule has 1 atom stereocenters. The van der Waals surface area contributed by atoms with E-state index in [1.54, 1.807) is 17.5 Å². The molecule has 2 rings (SSSR count). The summed E-state index contributed by atoms with van der Waals surface area (Å²) < 4.78 is 5.65. The van der Waals surface area contributed by atoms with Crippen molar-refractivity contribution in [2.75, 3.05) is 13.7 Å². The molecule has 102 valence electrons. The molecule has 2 aromatic heterocycles. The molecule has 19 heavy (non-hydrogen) atoms. The van der Waals surface area contributed by atoms with E-state index in [9.17, 15) is 0 Å². The van der Waals surface area contributed by atoms with E-state index in [4.69, 9.17) is 4.74 Å². The van der Waals surface area contributed by atoms with Crippen LogP contribution in [0.3, 0.4) is 0 Å². The first-order chi connectivity index (χ1) is 9.26. The van der Waals surface area contributed by atoms with Crippen LogP contribution in [0.4, 0.5) is 0 Å². The second kappa shape index (κ2) is 6.68. The molecule has 0 saturated heterocycles. The van der Waals surface area contributed by atoms with Crippen LogP contribution in [0, 0.1) is 6.92 Å². The van der Waals surface area contributed by atoms with Gasteiger partial charge in [-0.2, -0.15) is 11.3 Å². The molecule has 2 heterocycles. The maximum Gasteiger partial charge on any atom is 0.137 e. The Labute approximate surface area is 118 Å². The van der Waals surface area contributed by atoms with E-state index in [2.05, 4.69) is 41.0 Å². The number of rotatable bonds is 6. The highest BCUT2D eigenvalue weighted by atomic mass is 32.1. The lowest BCUT2D eigenvalue weighted by molar-refractivity contribution is 0.315. The Morgan fingerprint density at radius 1 is 1.37 bits per heavy atom. The van der Waals surface area contributed by atoms with Crippen molar-refractivity contribution in [3.8, 4) is 5.75 Å². The fraction of sp³-hybridized carbons (Fsp3) is 0.400. The Hall–Kier alpha value is -1.39. The maximum absolute atomic E-state index is 5.65. The summed E-state index contributed by atoms with van der Waals surface area (Å²) >= 11 is 1.73. The van der Waals surface area contributed by atoms with Crippen molar-refractivity contribution in [1.29, 1.82) is 0 Å². The van der Waals surface area contributed by atoms with E-state index in [0.29, 0.717) is 0 Å². The highest BCUT2D eigenvalue weighted by molar-refractivity contribution is 7.08. The lowest BCUT2D eigenvalue weighted by Crippen LogP contribution is -2.18. The Balaban J connectivity index is 2.26. The third-order valence-electron chi connectivity index (χ3n) is 3.04. The van der Waals surface area contributed by atoms with Crippen molar-refractivity contribution in [2.45, 2.75) is 26.3 Å². The molecule has 0 aliphatic carbocycles. The third kappa shape index (κ3) is 3.33.